The molecule has 24 heavy (non-hydrogen) atoms. The molecule has 0 saturated carbocycles. The summed E-state index contributed by atoms with van der Waals surface area (Å²) in [7, 11) is 0. The molecule has 1 aliphatic rings. The van der Waals surface area contributed by atoms with E-state index in [0.717, 1.165) is 26.1 Å². The third kappa shape index (κ3) is 3.50. The lowest BCUT2D eigenvalue weighted by Crippen LogP contribution is -2.28. The van der Waals surface area contributed by atoms with Crippen molar-refractivity contribution < 1.29 is 0 Å². The quantitative estimate of drug-likeness (QED) is 0.717. The molecule has 120 valence electrons. The van der Waals surface area contributed by atoms with Crippen molar-refractivity contribution in [1.29, 1.82) is 0 Å². The van der Waals surface area contributed by atoms with Crippen molar-refractivity contribution in [3.8, 4) is 0 Å². The second kappa shape index (κ2) is 6.90. The van der Waals surface area contributed by atoms with E-state index in [-0.39, 0.29) is 0 Å². The Labute approximate surface area is 143 Å². The molecule has 0 saturated heterocycles. The van der Waals surface area contributed by atoms with E-state index in [1.165, 1.54) is 27.6 Å². The highest BCUT2D eigenvalue weighted by atomic mass is 15.1. The van der Waals surface area contributed by atoms with Gasteiger partial charge in [-0.2, -0.15) is 0 Å². The third-order valence-electron chi connectivity index (χ3n) is 4.64. The second-order valence-corrected chi connectivity index (χ2v) is 6.41. The fraction of sp³-hybridized carbons (Fsp3) is 0.182. The summed E-state index contributed by atoms with van der Waals surface area (Å²) in [5.74, 6) is 0. The third-order valence-corrected chi connectivity index (χ3v) is 4.64. The van der Waals surface area contributed by atoms with Gasteiger partial charge in [0.25, 0.3) is 0 Å². The van der Waals surface area contributed by atoms with E-state index in [9.17, 15) is 0 Å². The number of nitrogens with one attached hydrogen (secondary N) is 1. The molecule has 0 radical (unpaired) electrons. The predicted octanol–water partition coefficient (Wildman–Crippen LogP) is 5.01. The maximum Gasteiger partial charge on any atom is 0.0454 e. The number of nitrogens with zero attached hydrogens (tertiary/aromatic N) is 1. The molecule has 4 rings (SSSR count). The lowest BCUT2D eigenvalue weighted by Gasteiger charge is -2.25. The maximum absolute atomic E-state index is 3.25. The molecule has 0 aliphatic carbocycles. The summed E-state index contributed by atoms with van der Waals surface area (Å²) in [4.78, 5) is 5.76. The number of aromatic amines is 1. The number of rotatable bonds is 4. The standard InChI is InChI=1S/C22H22N2/c1-2-4-18(5-3-1)6-7-19-11-14-24(15-12-19)17-20-8-9-22-21(16-20)10-13-23-22/h1-11,13,16,23H,12,14-15,17H2. The number of hydrogen-bond donors (Lipinski definition) is 1. The van der Waals surface area contributed by atoms with Crippen LogP contribution in [0, 0.1) is 0 Å². The topological polar surface area (TPSA) is 19.0 Å². The normalized spacial score (nSPS) is 15.9. The first-order chi connectivity index (χ1) is 11.9. The Hall–Kier alpha value is -2.58. The average Bonchev–Trinajstić information content (AvgIpc) is 3.10. The van der Waals surface area contributed by atoms with Crippen molar-refractivity contribution in [3.63, 3.8) is 0 Å². The molecular formula is C22H22N2. The fourth-order valence-electron chi connectivity index (χ4n) is 3.25. The molecule has 2 nitrogen and oxygen atoms in total. The van der Waals surface area contributed by atoms with E-state index >= 15 is 0 Å². The summed E-state index contributed by atoms with van der Waals surface area (Å²) in [5.41, 5.74) is 5.31. The van der Waals surface area contributed by atoms with Gasteiger partial charge in [0.1, 0.15) is 0 Å². The highest BCUT2D eigenvalue weighted by molar-refractivity contribution is 5.79. The van der Waals surface area contributed by atoms with Gasteiger partial charge < -0.3 is 4.98 Å². The summed E-state index contributed by atoms with van der Waals surface area (Å²) in [6.07, 6.45) is 9.96. The Morgan fingerprint density at radius 2 is 1.92 bits per heavy atom. The Balaban J connectivity index is 1.38. The van der Waals surface area contributed by atoms with Crippen LogP contribution in [0.3, 0.4) is 0 Å². The summed E-state index contributed by atoms with van der Waals surface area (Å²) in [6, 6.07) is 19.3. The number of H-pyrrole nitrogens is 1. The number of hydrogen-bond acceptors (Lipinski definition) is 1. The van der Waals surface area contributed by atoms with Gasteiger partial charge in [-0.3, -0.25) is 4.90 Å². The van der Waals surface area contributed by atoms with Crippen LogP contribution in [0.2, 0.25) is 0 Å². The smallest absolute Gasteiger partial charge is 0.0454 e. The Kier molecular flexibility index (Phi) is 4.30. The zero-order valence-electron chi connectivity index (χ0n) is 13.8. The van der Waals surface area contributed by atoms with Gasteiger partial charge in [0.05, 0.1) is 0 Å². The zero-order chi connectivity index (χ0) is 16.2. The Bertz CT molecular complexity index is 871. The molecule has 2 aromatic carbocycles. The van der Waals surface area contributed by atoms with Gasteiger partial charge in [-0.15, -0.1) is 0 Å². The molecule has 1 aliphatic heterocycles. The van der Waals surface area contributed by atoms with E-state index in [1.54, 1.807) is 0 Å². The molecule has 2 heterocycles. The lowest BCUT2D eigenvalue weighted by atomic mass is 10.1. The van der Waals surface area contributed by atoms with Crippen LogP contribution in [-0.4, -0.2) is 23.0 Å². The van der Waals surface area contributed by atoms with Gasteiger partial charge in [0.2, 0.25) is 0 Å². The van der Waals surface area contributed by atoms with Crippen LogP contribution in [0.4, 0.5) is 0 Å². The molecular weight excluding hydrogens is 292 g/mol. The van der Waals surface area contributed by atoms with E-state index in [1.807, 2.05) is 6.20 Å². The van der Waals surface area contributed by atoms with Gasteiger partial charge >= 0.3 is 0 Å². The van der Waals surface area contributed by atoms with Crippen molar-refractivity contribution in [2.24, 2.45) is 0 Å². The van der Waals surface area contributed by atoms with Crippen molar-refractivity contribution in [1.82, 2.24) is 9.88 Å². The van der Waals surface area contributed by atoms with Gasteiger partial charge in [-0.05, 0) is 46.7 Å². The van der Waals surface area contributed by atoms with Crippen LogP contribution in [0.5, 0.6) is 0 Å². The van der Waals surface area contributed by atoms with Gasteiger partial charge in [0.15, 0.2) is 0 Å². The second-order valence-electron chi connectivity index (χ2n) is 6.41. The Morgan fingerprint density at radius 1 is 1.00 bits per heavy atom. The predicted molar refractivity (Wildman–Crippen MR) is 102 cm³/mol. The SMILES string of the molecule is C(=Cc1ccccc1)C1=CCN(Cc2ccc3[nH]ccc3c2)CC1. The van der Waals surface area contributed by atoms with Gasteiger partial charge in [0, 0.05) is 31.3 Å². The number of allylic oxidation sites excluding steroid dienone is 1. The van der Waals surface area contributed by atoms with Crippen LogP contribution < -0.4 is 0 Å². The molecule has 0 amide bonds. The van der Waals surface area contributed by atoms with E-state index < -0.39 is 0 Å². The lowest BCUT2D eigenvalue weighted by molar-refractivity contribution is 0.287. The highest BCUT2D eigenvalue weighted by Gasteiger charge is 2.11. The van der Waals surface area contributed by atoms with Crippen molar-refractivity contribution >= 4 is 17.0 Å². The molecule has 3 aromatic rings. The first kappa shape index (κ1) is 15.0. The maximum atomic E-state index is 3.25. The van der Waals surface area contributed by atoms with Crippen molar-refractivity contribution in [2.75, 3.05) is 13.1 Å². The molecule has 0 spiro atoms. The first-order valence-electron chi connectivity index (χ1n) is 8.57. The van der Waals surface area contributed by atoms with Crippen LogP contribution in [0.15, 0.2) is 78.5 Å². The minimum Gasteiger partial charge on any atom is -0.361 e. The van der Waals surface area contributed by atoms with E-state index in [0.29, 0.717) is 0 Å². The number of fused-ring (bicyclic) bond motifs is 1. The molecule has 0 fully saturated rings. The average molecular weight is 314 g/mol. The largest absolute Gasteiger partial charge is 0.361 e. The van der Waals surface area contributed by atoms with E-state index in [2.05, 4.69) is 82.7 Å². The Morgan fingerprint density at radius 3 is 2.75 bits per heavy atom. The van der Waals surface area contributed by atoms with Crippen LogP contribution in [0.1, 0.15) is 17.5 Å². The van der Waals surface area contributed by atoms with Crippen molar-refractivity contribution in [2.45, 2.75) is 13.0 Å². The minimum atomic E-state index is 1.02. The fourth-order valence-corrected chi connectivity index (χ4v) is 3.25. The minimum absolute atomic E-state index is 1.02. The molecule has 2 heteroatoms. The van der Waals surface area contributed by atoms with Crippen LogP contribution in [0.25, 0.3) is 17.0 Å². The molecule has 0 atom stereocenters. The summed E-state index contributed by atoms with van der Waals surface area (Å²) < 4.78 is 0. The first-order valence-corrected chi connectivity index (χ1v) is 8.57. The molecule has 1 N–H and O–H groups in total. The van der Waals surface area contributed by atoms with E-state index in [4.69, 9.17) is 0 Å². The summed E-state index contributed by atoms with van der Waals surface area (Å²) in [6.45, 7) is 3.17. The molecule has 0 unspecified atom stereocenters. The van der Waals surface area contributed by atoms with Crippen molar-refractivity contribution in [3.05, 3.63) is 89.6 Å². The zero-order valence-corrected chi connectivity index (χ0v) is 13.8. The van der Waals surface area contributed by atoms with Gasteiger partial charge in [-0.25, -0.2) is 0 Å². The monoisotopic (exact) mass is 314 g/mol. The summed E-state index contributed by atoms with van der Waals surface area (Å²) in [5, 5.41) is 1.30. The molecule has 1 aromatic heterocycles. The summed E-state index contributed by atoms with van der Waals surface area (Å²) >= 11 is 0. The number of benzene rings is 2. The highest BCUT2D eigenvalue weighted by Crippen LogP contribution is 2.19. The van der Waals surface area contributed by atoms with Crippen LogP contribution in [-0.2, 0) is 6.54 Å². The van der Waals surface area contributed by atoms with Crippen LogP contribution >= 0.6 is 0 Å². The van der Waals surface area contributed by atoms with Gasteiger partial charge in [-0.1, -0.05) is 54.6 Å². The number of aromatic nitrogens is 1. The molecule has 0 bridgehead atoms.